The van der Waals surface area contributed by atoms with Crippen molar-refractivity contribution in [2.24, 2.45) is 11.7 Å². The Labute approximate surface area is 144 Å². The van der Waals surface area contributed by atoms with E-state index in [0.717, 1.165) is 23.3 Å². The average molecular weight is 349 g/mol. The highest BCUT2D eigenvalue weighted by Gasteiger charge is 2.27. The summed E-state index contributed by atoms with van der Waals surface area (Å²) in [6.07, 6.45) is 3.99. The molecule has 0 aliphatic carbocycles. The van der Waals surface area contributed by atoms with Crippen LogP contribution in [-0.4, -0.2) is 30.1 Å². The van der Waals surface area contributed by atoms with Crippen LogP contribution in [0.1, 0.15) is 23.3 Å². The number of thiazole rings is 1. The van der Waals surface area contributed by atoms with Crippen LogP contribution in [0.15, 0.2) is 30.5 Å². The molecular weight excluding hydrogens is 329 g/mol. The summed E-state index contributed by atoms with van der Waals surface area (Å²) in [6.45, 7) is 1.31. The van der Waals surface area contributed by atoms with Crippen LogP contribution in [0.25, 0.3) is 0 Å². The zero-order valence-corrected chi connectivity index (χ0v) is 14.0. The Bertz CT molecular complexity index is 683. The van der Waals surface area contributed by atoms with Gasteiger partial charge in [0.05, 0.1) is 6.04 Å². The van der Waals surface area contributed by atoms with Crippen molar-refractivity contribution in [1.29, 1.82) is 0 Å². The number of aromatic nitrogens is 1. The van der Waals surface area contributed by atoms with E-state index in [1.165, 1.54) is 23.5 Å². The lowest BCUT2D eigenvalue weighted by atomic mass is 9.92. The van der Waals surface area contributed by atoms with Crippen molar-refractivity contribution < 1.29 is 13.9 Å². The second-order valence-electron chi connectivity index (χ2n) is 5.90. The number of anilines is 1. The molecule has 1 aliphatic rings. The van der Waals surface area contributed by atoms with Crippen LogP contribution in [0.5, 0.6) is 0 Å². The molecule has 1 saturated heterocycles. The first-order valence-corrected chi connectivity index (χ1v) is 8.77. The maximum Gasteiger partial charge on any atom is 0.243 e. The topological polar surface area (TPSA) is 77.2 Å². The molecule has 0 bridgehead atoms. The fourth-order valence-corrected chi connectivity index (χ4v) is 3.58. The van der Waals surface area contributed by atoms with Crippen LogP contribution in [0.4, 0.5) is 9.52 Å². The highest BCUT2D eigenvalue weighted by molar-refractivity contribution is 7.15. The van der Waals surface area contributed by atoms with Gasteiger partial charge in [-0.3, -0.25) is 4.79 Å². The van der Waals surface area contributed by atoms with E-state index in [9.17, 15) is 9.18 Å². The molecule has 3 rings (SSSR count). The molecule has 2 heterocycles. The van der Waals surface area contributed by atoms with Gasteiger partial charge in [-0.25, -0.2) is 9.37 Å². The molecule has 1 amide bonds. The third kappa shape index (κ3) is 4.37. The third-order valence-corrected chi connectivity index (χ3v) is 5.06. The minimum atomic E-state index is -0.543. The molecule has 1 fully saturated rings. The van der Waals surface area contributed by atoms with E-state index in [1.807, 2.05) is 0 Å². The normalized spacial score (nSPS) is 16.8. The van der Waals surface area contributed by atoms with Crippen LogP contribution in [0.3, 0.4) is 0 Å². The second-order valence-corrected chi connectivity index (χ2v) is 7.02. The van der Waals surface area contributed by atoms with Crippen LogP contribution in [0, 0.1) is 11.7 Å². The summed E-state index contributed by atoms with van der Waals surface area (Å²) in [6, 6.07) is 5.82. The zero-order chi connectivity index (χ0) is 16.9. The third-order valence-electron chi connectivity index (χ3n) is 4.15. The van der Waals surface area contributed by atoms with E-state index >= 15 is 0 Å². The largest absolute Gasteiger partial charge is 0.381 e. The van der Waals surface area contributed by atoms with Gasteiger partial charge in [-0.15, -0.1) is 11.3 Å². The Hall–Kier alpha value is -1.83. The van der Waals surface area contributed by atoms with Gasteiger partial charge < -0.3 is 15.8 Å². The summed E-state index contributed by atoms with van der Waals surface area (Å²) >= 11 is 1.41. The first-order valence-electron chi connectivity index (χ1n) is 7.95. The van der Waals surface area contributed by atoms with Crippen LogP contribution < -0.4 is 11.1 Å². The summed E-state index contributed by atoms with van der Waals surface area (Å²) in [5, 5.41) is 3.34. The van der Waals surface area contributed by atoms with Gasteiger partial charge in [0.1, 0.15) is 5.82 Å². The highest BCUT2D eigenvalue weighted by atomic mass is 32.1. The van der Waals surface area contributed by atoms with E-state index in [-0.39, 0.29) is 17.6 Å². The lowest BCUT2D eigenvalue weighted by Crippen LogP contribution is -2.43. The number of carbonyl (C=O) groups excluding carboxylic acids is 1. The van der Waals surface area contributed by atoms with Crippen LogP contribution >= 0.6 is 11.3 Å². The summed E-state index contributed by atoms with van der Waals surface area (Å²) in [4.78, 5) is 17.5. The standard InChI is InChI=1S/C17H20FN3O2S/c18-13-3-1-11(2-4-13)9-14-10-20-17(24-14)21-16(22)15(19)12-5-7-23-8-6-12/h1-4,10,12,15H,5-9,19H2,(H,20,21,22). The molecule has 2 aromatic rings. The number of nitrogens with one attached hydrogen (secondary N) is 1. The molecule has 5 nitrogen and oxygen atoms in total. The highest BCUT2D eigenvalue weighted by Crippen LogP contribution is 2.23. The lowest BCUT2D eigenvalue weighted by Gasteiger charge is -2.26. The molecule has 0 spiro atoms. The quantitative estimate of drug-likeness (QED) is 0.870. The molecule has 0 radical (unpaired) electrons. The average Bonchev–Trinajstić information content (AvgIpc) is 3.04. The minimum Gasteiger partial charge on any atom is -0.381 e. The van der Waals surface area contributed by atoms with Gasteiger partial charge in [0, 0.05) is 30.7 Å². The number of nitrogens with zero attached hydrogens (tertiary/aromatic N) is 1. The fraction of sp³-hybridized carbons (Fsp3) is 0.412. The molecule has 0 saturated carbocycles. The van der Waals surface area contributed by atoms with Crippen molar-refractivity contribution in [3.05, 3.63) is 46.7 Å². The van der Waals surface area contributed by atoms with Gasteiger partial charge in [0.25, 0.3) is 0 Å². The monoisotopic (exact) mass is 349 g/mol. The first kappa shape index (κ1) is 17.0. The number of halogens is 1. The number of carbonyl (C=O) groups is 1. The summed E-state index contributed by atoms with van der Waals surface area (Å²) < 4.78 is 18.2. The molecule has 128 valence electrons. The van der Waals surface area contributed by atoms with Crippen molar-refractivity contribution in [2.45, 2.75) is 25.3 Å². The number of ether oxygens (including phenoxy) is 1. The number of rotatable bonds is 5. The zero-order valence-electron chi connectivity index (χ0n) is 13.2. The maximum absolute atomic E-state index is 12.9. The van der Waals surface area contributed by atoms with Crippen LogP contribution in [0.2, 0.25) is 0 Å². The molecule has 1 atom stereocenters. The van der Waals surface area contributed by atoms with E-state index in [0.29, 0.717) is 24.8 Å². The SMILES string of the molecule is NC(C(=O)Nc1ncc(Cc2ccc(F)cc2)s1)C1CCOCC1. The predicted octanol–water partition coefficient (Wildman–Crippen LogP) is 2.57. The molecule has 1 aromatic carbocycles. The number of hydrogen-bond acceptors (Lipinski definition) is 5. The lowest BCUT2D eigenvalue weighted by molar-refractivity contribution is -0.119. The fourth-order valence-electron chi connectivity index (χ4n) is 2.73. The molecule has 1 aromatic heterocycles. The van der Waals surface area contributed by atoms with Gasteiger partial charge in [-0.1, -0.05) is 12.1 Å². The van der Waals surface area contributed by atoms with Crippen LogP contribution in [-0.2, 0) is 16.0 Å². The maximum atomic E-state index is 12.9. The Morgan fingerprint density at radius 1 is 1.38 bits per heavy atom. The molecule has 1 aliphatic heterocycles. The number of benzene rings is 1. The van der Waals surface area contributed by atoms with Crippen molar-refractivity contribution in [3.8, 4) is 0 Å². The Morgan fingerprint density at radius 3 is 2.79 bits per heavy atom. The van der Waals surface area contributed by atoms with Crippen molar-refractivity contribution in [2.75, 3.05) is 18.5 Å². The van der Waals surface area contributed by atoms with Gasteiger partial charge >= 0.3 is 0 Å². The molecule has 3 N–H and O–H groups in total. The van der Waals surface area contributed by atoms with Gasteiger partial charge in [-0.2, -0.15) is 0 Å². The van der Waals surface area contributed by atoms with E-state index in [2.05, 4.69) is 10.3 Å². The smallest absolute Gasteiger partial charge is 0.243 e. The number of amides is 1. The van der Waals surface area contributed by atoms with Gasteiger partial charge in [0.15, 0.2) is 5.13 Å². The number of nitrogens with two attached hydrogens (primary N) is 1. The van der Waals surface area contributed by atoms with Crippen molar-refractivity contribution >= 4 is 22.4 Å². The Kier molecular flexibility index (Phi) is 5.55. The first-order chi connectivity index (χ1) is 11.6. The van der Waals surface area contributed by atoms with Crippen molar-refractivity contribution in [3.63, 3.8) is 0 Å². The molecular formula is C17H20FN3O2S. The second kappa shape index (κ2) is 7.83. The van der Waals surface area contributed by atoms with Crippen molar-refractivity contribution in [1.82, 2.24) is 4.98 Å². The van der Waals surface area contributed by atoms with E-state index in [4.69, 9.17) is 10.5 Å². The van der Waals surface area contributed by atoms with Gasteiger partial charge in [0.2, 0.25) is 5.91 Å². The van der Waals surface area contributed by atoms with E-state index in [1.54, 1.807) is 18.3 Å². The molecule has 1 unspecified atom stereocenters. The van der Waals surface area contributed by atoms with Gasteiger partial charge in [-0.05, 0) is 36.5 Å². The molecule has 7 heteroatoms. The van der Waals surface area contributed by atoms with E-state index < -0.39 is 6.04 Å². The molecule has 24 heavy (non-hydrogen) atoms. The Morgan fingerprint density at radius 2 is 2.08 bits per heavy atom. The summed E-state index contributed by atoms with van der Waals surface area (Å²) in [7, 11) is 0. The number of hydrogen-bond donors (Lipinski definition) is 2. The minimum absolute atomic E-state index is 0.150. The summed E-state index contributed by atoms with van der Waals surface area (Å²) in [5.41, 5.74) is 7.06. The Balaban J connectivity index is 1.56. The summed E-state index contributed by atoms with van der Waals surface area (Å²) in [5.74, 6) is -0.305. The predicted molar refractivity (Wildman–Crippen MR) is 91.5 cm³/mol.